The summed E-state index contributed by atoms with van der Waals surface area (Å²) in [5.74, 6) is 0. The minimum absolute atomic E-state index is 0.604. The summed E-state index contributed by atoms with van der Waals surface area (Å²) in [4.78, 5) is 2.66. The zero-order chi connectivity index (χ0) is 12.8. The van der Waals surface area contributed by atoms with Crippen molar-refractivity contribution in [2.75, 3.05) is 13.1 Å². The van der Waals surface area contributed by atoms with Crippen LogP contribution in [0.5, 0.6) is 0 Å². The van der Waals surface area contributed by atoms with Gasteiger partial charge in [0.1, 0.15) is 0 Å². The lowest BCUT2D eigenvalue weighted by Gasteiger charge is -2.40. The Hall–Kier alpha value is -0.860. The molecular formula is C16H26N2. The van der Waals surface area contributed by atoms with Crippen LogP contribution in [-0.2, 0) is 6.42 Å². The first kappa shape index (κ1) is 13.6. The number of hydrogen-bond acceptors (Lipinski definition) is 2. The van der Waals surface area contributed by atoms with Crippen molar-refractivity contribution in [2.24, 2.45) is 5.73 Å². The van der Waals surface area contributed by atoms with Crippen LogP contribution in [0.3, 0.4) is 0 Å². The van der Waals surface area contributed by atoms with Crippen LogP contribution in [0, 0.1) is 0 Å². The van der Waals surface area contributed by atoms with Gasteiger partial charge in [0, 0.05) is 18.6 Å². The predicted octanol–water partition coefficient (Wildman–Crippen LogP) is 2.82. The fourth-order valence-corrected chi connectivity index (χ4v) is 3.14. The topological polar surface area (TPSA) is 29.3 Å². The molecule has 18 heavy (non-hydrogen) atoms. The molecule has 2 N–H and O–H groups in total. The normalized spacial score (nSPS) is 22.9. The van der Waals surface area contributed by atoms with Crippen molar-refractivity contribution in [3.63, 3.8) is 0 Å². The number of rotatable bonds is 5. The van der Waals surface area contributed by atoms with Gasteiger partial charge in [-0.15, -0.1) is 0 Å². The summed E-state index contributed by atoms with van der Waals surface area (Å²) in [6.07, 6.45) is 6.34. The van der Waals surface area contributed by atoms with E-state index >= 15 is 0 Å². The van der Waals surface area contributed by atoms with Gasteiger partial charge < -0.3 is 5.73 Å². The summed E-state index contributed by atoms with van der Waals surface area (Å²) in [5, 5.41) is 0. The lowest BCUT2D eigenvalue weighted by Crippen LogP contribution is -2.50. The molecule has 2 rings (SSSR count). The second kappa shape index (κ2) is 6.91. The first-order chi connectivity index (χ1) is 8.85. The highest BCUT2D eigenvalue weighted by Crippen LogP contribution is 2.22. The van der Waals surface area contributed by atoms with E-state index in [-0.39, 0.29) is 0 Å². The Morgan fingerprint density at radius 2 is 2.06 bits per heavy atom. The molecule has 0 aliphatic carbocycles. The lowest BCUT2D eigenvalue weighted by molar-refractivity contribution is 0.0959. The van der Waals surface area contributed by atoms with E-state index in [2.05, 4.69) is 42.2 Å². The van der Waals surface area contributed by atoms with E-state index in [0.29, 0.717) is 12.1 Å². The molecule has 1 aromatic carbocycles. The molecule has 1 saturated heterocycles. The van der Waals surface area contributed by atoms with Crippen LogP contribution in [0.4, 0.5) is 0 Å². The van der Waals surface area contributed by atoms with Crippen LogP contribution in [0.1, 0.15) is 38.2 Å². The minimum Gasteiger partial charge on any atom is -0.329 e. The maximum absolute atomic E-state index is 5.94. The number of hydrogen-bond donors (Lipinski definition) is 1. The maximum Gasteiger partial charge on any atom is 0.0221 e. The first-order valence-electron chi connectivity index (χ1n) is 7.35. The summed E-state index contributed by atoms with van der Waals surface area (Å²) < 4.78 is 0. The molecule has 2 heteroatoms. The molecule has 0 spiro atoms. The third-order valence-corrected chi connectivity index (χ3v) is 4.20. The van der Waals surface area contributed by atoms with E-state index < -0.39 is 0 Å². The van der Waals surface area contributed by atoms with Gasteiger partial charge in [-0.3, -0.25) is 4.90 Å². The van der Waals surface area contributed by atoms with Gasteiger partial charge in [0.2, 0.25) is 0 Å². The molecule has 1 aromatic rings. The van der Waals surface area contributed by atoms with Gasteiger partial charge in [-0.05, 0) is 37.8 Å². The number of piperidine rings is 1. The number of likely N-dealkylation sites (tertiary alicyclic amines) is 1. The Balaban J connectivity index is 2.03. The van der Waals surface area contributed by atoms with E-state index in [1.165, 1.54) is 37.8 Å². The van der Waals surface area contributed by atoms with Gasteiger partial charge in [0.15, 0.2) is 0 Å². The molecule has 0 aromatic heterocycles. The number of benzene rings is 1. The SMILES string of the molecule is CCC(Cc1ccccc1)N1CCCCC1CN. The fraction of sp³-hybridized carbons (Fsp3) is 0.625. The number of nitrogens with zero attached hydrogens (tertiary/aromatic N) is 1. The van der Waals surface area contributed by atoms with Crippen molar-refractivity contribution in [3.8, 4) is 0 Å². The van der Waals surface area contributed by atoms with Crippen molar-refractivity contribution in [2.45, 2.75) is 51.1 Å². The second-order valence-electron chi connectivity index (χ2n) is 5.37. The van der Waals surface area contributed by atoms with E-state index in [9.17, 15) is 0 Å². The van der Waals surface area contributed by atoms with Crippen LogP contribution in [0.15, 0.2) is 30.3 Å². The Bertz CT molecular complexity index is 336. The Kier molecular flexibility index (Phi) is 5.21. The lowest BCUT2D eigenvalue weighted by atomic mass is 9.95. The Labute approximate surface area is 111 Å². The largest absolute Gasteiger partial charge is 0.329 e. The van der Waals surface area contributed by atoms with Crippen LogP contribution in [0.2, 0.25) is 0 Å². The van der Waals surface area contributed by atoms with Crippen molar-refractivity contribution in [3.05, 3.63) is 35.9 Å². The van der Waals surface area contributed by atoms with Gasteiger partial charge in [0.05, 0.1) is 0 Å². The standard InChI is InChI=1S/C16H26N2/c1-2-15(12-14-8-4-3-5-9-14)18-11-7-6-10-16(18)13-17/h3-5,8-9,15-16H,2,6-7,10-13,17H2,1H3. The molecule has 100 valence electrons. The molecule has 0 radical (unpaired) electrons. The Morgan fingerprint density at radius 1 is 1.28 bits per heavy atom. The third-order valence-electron chi connectivity index (χ3n) is 4.20. The monoisotopic (exact) mass is 246 g/mol. The van der Waals surface area contributed by atoms with Crippen LogP contribution >= 0.6 is 0 Å². The molecule has 1 heterocycles. The van der Waals surface area contributed by atoms with Crippen molar-refractivity contribution in [1.82, 2.24) is 4.90 Å². The maximum atomic E-state index is 5.94. The summed E-state index contributed by atoms with van der Waals surface area (Å²) in [7, 11) is 0. The fourth-order valence-electron chi connectivity index (χ4n) is 3.14. The van der Waals surface area contributed by atoms with Crippen molar-refractivity contribution < 1.29 is 0 Å². The molecule has 0 bridgehead atoms. The van der Waals surface area contributed by atoms with Gasteiger partial charge >= 0.3 is 0 Å². The zero-order valence-electron chi connectivity index (χ0n) is 11.5. The van der Waals surface area contributed by atoms with Crippen molar-refractivity contribution in [1.29, 1.82) is 0 Å². The molecular weight excluding hydrogens is 220 g/mol. The molecule has 0 amide bonds. The minimum atomic E-state index is 0.604. The predicted molar refractivity (Wildman–Crippen MR) is 77.6 cm³/mol. The summed E-state index contributed by atoms with van der Waals surface area (Å²) in [5.41, 5.74) is 7.39. The number of nitrogens with two attached hydrogens (primary N) is 1. The molecule has 2 atom stereocenters. The van der Waals surface area contributed by atoms with Crippen LogP contribution < -0.4 is 5.73 Å². The highest BCUT2D eigenvalue weighted by molar-refractivity contribution is 5.16. The van der Waals surface area contributed by atoms with Crippen LogP contribution in [0.25, 0.3) is 0 Å². The summed E-state index contributed by atoms with van der Waals surface area (Å²) in [6, 6.07) is 12.1. The van der Waals surface area contributed by atoms with Crippen molar-refractivity contribution >= 4 is 0 Å². The smallest absolute Gasteiger partial charge is 0.0221 e. The summed E-state index contributed by atoms with van der Waals surface area (Å²) in [6.45, 7) is 4.34. The van der Waals surface area contributed by atoms with E-state index in [0.717, 1.165) is 13.0 Å². The van der Waals surface area contributed by atoms with Gasteiger partial charge in [-0.1, -0.05) is 43.7 Å². The van der Waals surface area contributed by atoms with Gasteiger partial charge in [0.25, 0.3) is 0 Å². The molecule has 1 aliphatic heterocycles. The van der Waals surface area contributed by atoms with E-state index in [4.69, 9.17) is 5.73 Å². The highest BCUT2D eigenvalue weighted by atomic mass is 15.2. The molecule has 1 fully saturated rings. The Morgan fingerprint density at radius 3 is 2.72 bits per heavy atom. The molecule has 2 nitrogen and oxygen atoms in total. The average Bonchev–Trinajstić information content (AvgIpc) is 2.46. The third kappa shape index (κ3) is 3.33. The van der Waals surface area contributed by atoms with Crippen LogP contribution in [-0.4, -0.2) is 30.1 Å². The average molecular weight is 246 g/mol. The molecule has 1 aliphatic rings. The first-order valence-corrected chi connectivity index (χ1v) is 7.35. The highest BCUT2D eigenvalue weighted by Gasteiger charge is 2.26. The molecule has 0 saturated carbocycles. The quantitative estimate of drug-likeness (QED) is 0.865. The van der Waals surface area contributed by atoms with E-state index in [1.54, 1.807) is 0 Å². The van der Waals surface area contributed by atoms with Gasteiger partial charge in [-0.25, -0.2) is 0 Å². The van der Waals surface area contributed by atoms with Gasteiger partial charge in [-0.2, -0.15) is 0 Å². The second-order valence-corrected chi connectivity index (χ2v) is 5.37. The zero-order valence-corrected chi connectivity index (χ0v) is 11.5. The van der Waals surface area contributed by atoms with E-state index in [1.807, 2.05) is 0 Å². The molecule has 2 unspecified atom stereocenters. The summed E-state index contributed by atoms with van der Waals surface area (Å²) >= 11 is 0.